The predicted molar refractivity (Wildman–Crippen MR) is 131 cm³/mol. The van der Waals surface area contributed by atoms with Crippen molar-refractivity contribution in [3.05, 3.63) is 53.8 Å². The third-order valence-electron chi connectivity index (χ3n) is 6.08. The Balaban J connectivity index is 1.51. The van der Waals surface area contributed by atoms with Gasteiger partial charge in [0, 0.05) is 57.6 Å². The van der Waals surface area contributed by atoms with Crippen LogP contribution in [0.25, 0.3) is 0 Å². The van der Waals surface area contributed by atoms with Crippen molar-refractivity contribution in [2.75, 3.05) is 68.0 Å². The van der Waals surface area contributed by atoms with Crippen LogP contribution in [0.3, 0.4) is 0 Å². The third-order valence-corrected chi connectivity index (χ3v) is 6.08. The SMILES string of the molecule is CC(=O)Nc1ccc(N2CCCN(C(=O)Nc3ccccc3F)CC2)c(C(=O)N2CCOCC2)c1. The maximum absolute atomic E-state index is 14.0. The summed E-state index contributed by atoms with van der Waals surface area (Å²) < 4.78 is 19.3. The summed E-state index contributed by atoms with van der Waals surface area (Å²) in [6, 6.07) is 11.0. The van der Waals surface area contributed by atoms with Crippen LogP contribution < -0.4 is 15.5 Å². The van der Waals surface area contributed by atoms with E-state index >= 15 is 0 Å². The first-order chi connectivity index (χ1) is 16.9. The Morgan fingerprint density at radius 3 is 2.40 bits per heavy atom. The molecule has 2 heterocycles. The summed E-state index contributed by atoms with van der Waals surface area (Å²) in [5, 5.41) is 5.39. The molecule has 2 aromatic rings. The topological polar surface area (TPSA) is 94.2 Å². The second kappa shape index (κ2) is 11.2. The molecule has 0 aromatic heterocycles. The van der Waals surface area contributed by atoms with Crippen molar-refractivity contribution >= 4 is 34.9 Å². The van der Waals surface area contributed by atoms with E-state index in [1.807, 2.05) is 6.07 Å². The van der Waals surface area contributed by atoms with Crippen LogP contribution in [-0.2, 0) is 9.53 Å². The molecule has 0 bridgehead atoms. The molecule has 2 N–H and O–H groups in total. The molecule has 2 fully saturated rings. The summed E-state index contributed by atoms with van der Waals surface area (Å²) >= 11 is 0. The molecule has 9 nitrogen and oxygen atoms in total. The molecule has 2 aromatic carbocycles. The Labute approximate surface area is 203 Å². The molecular formula is C25H30FN5O4. The Morgan fingerprint density at radius 2 is 1.66 bits per heavy atom. The maximum Gasteiger partial charge on any atom is 0.321 e. The summed E-state index contributed by atoms with van der Waals surface area (Å²) in [5.41, 5.74) is 1.96. The molecule has 2 saturated heterocycles. The number of hydrogen-bond acceptors (Lipinski definition) is 5. The van der Waals surface area contributed by atoms with Gasteiger partial charge in [-0.15, -0.1) is 0 Å². The lowest BCUT2D eigenvalue weighted by Crippen LogP contribution is -2.42. The smallest absolute Gasteiger partial charge is 0.321 e. The summed E-state index contributed by atoms with van der Waals surface area (Å²) in [4.78, 5) is 43.3. The van der Waals surface area contributed by atoms with Gasteiger partial charge in [-0.25, -0.2) is 9.18 Å². The second-order valence-electron chi connectivity index (χ2n) is 8.56. The van der Waals surface area contributed by atoms with Crippen molar-refractivity contribution in [3.63, 3.8) is 0 Å². The van der Waals surface area contributed by atoms with E-state index in [-0.39, 0.29) is 23.5 Å². The summed E-state index contributed by atoms with van der Waals surface area (Å²) in [7, 11) is 0. The van der Waals surface area contributed by atoms with Crippen molar-refractivity contribution in [1.82, 2.24) is 9.80 Å². The number of rotatable bonds is 4. The van der Waals surface area contributed by atoms with Crippen molar-refractivity contribution in [1.29, 1.82) is 0 Å². The zero-order valence-electron chi connectivity index (χ0n) is 19.8. The Kier molecular flexibility index (Phi) is 7.81. The van der Waals surface area contributed by atoms with Gasteiger partial charge in [0.15, 0.2) is 0 Å². The minimum Gasteiger partial charge on any atom is -0.378 e. The molecular weight excluding hydrogens is 453 g/mol. The lowest BCUT2D eigenvalue weighted by molar-refractivity contribution is -0.114. The van der Waals surface area contributed by atoms with Gasteiger partial charge < -0.3 is 30.1 Å². The van der Waals surface area contributed by atoms with Gasteiger partial charge in [-0.1, -0.05) is 12.1 Å². The quantitative estimate of drug-likeness (QED) is 0.697. The highest BCUT2D eigenvalue weighted by Gasteiger charge is 2.26. The molecule has 2 aliphatic rings. The van der Waals surface area contributed by atoms with E-state index < -0.39 is 5.82 Å². The van der Waals surface area contributed by atoms with Gasteiger partial charge in [0.2, 0.25) is 5.91 Å². The molecule has 0 aliphatic carbocycles. The number of nitrogens with zero attached hydrogens (tertiary/aromatic N) is 3. The number of urea groups is 1. The third kappa shape index (κ3) is 6.07. The van der Waals surface area contributed by atoms with E-state index in [2.05, 4.69) is 15.5 Å². The van der Waals surface area contributed by atoms with E-state index in [9.17, 15) is 18.8 Å². The molecule has 0 saturated carbocycles. The monoisotopic (exact) mass is 483 g/mol. The average Bonchev–Trinajstić information content (AvgIpc) is 3.11. The van der Waals surface area contributed by atoms with Crippen LogP contribution in [0, 0.1) is 5.82 Å². The normalized spacial score (nSPS) is 16.5. The molecule has 4 amide bonds. The van der Waals surface area contributed by atoms with Gasteiger partial charge in [0.05, 0.1) is 24.5 Å². The van der Waals surface area contributed by atoms with Crippen LogP contribution in [0.4, 0.5) is 26.2 Å². The highest BCUT2D eigenvalue weighted by molar-refractivity contribution is 6.02. The predicted octanol–water partition coefficient (Wildman–Crippen LogP) is 3.00. The average molecular weight is 484 g/mol. The molecule has 2 aliphatic heterocycles. The number of nitrogens with one attached hydrogen (secondary N) is 2. The molecule has 186 valence electrons. The van der Waals surface area contributed by atoms with E-state index in [1.165, 1.54) is 19.1 Å². The van der Waals surface area contributed by atoms with Crippen LogP contribution in [0.15, 0.2) is 42.5 Å². The number of para-hydroxylation sites is 1. The maximum atomic E-state index is 14.0. The second-order valence-corrected chi connectivity index (χ2v) is 8.56. The summed E-state index contributed by atoms with van der Waals surface area (Å²) in [6.07, 6.45) is 0.684. The minimum atomic E-state index is -0.483. The number of carbonyl (C=O) groups excluding carboxylic acids is 3. The van der Waals surface area contributed by atoms with Crippen LogP contribution in [-0.4, -0.2) is 80.1 Å². The molecule has 4 rings (SSSR count). The van der Waals surface area contributed by atoms with Gasteiger partial charge in [-0.3, -0.25) is 9.59 Å². The lowest BCUT2D eigenvalue weighted by Gasteiger charge is -2.30. The molecule has 0 spiro atoms. The van der Waals surface area contributed by atoms with Crippen molar-refractivity contribution in [2.24, 2.45) is 0 Å². The van der Waals surface area contributed by atoms with E-state index in [4.69, 9.17) is 4.74 Å². The van der Waals surface area contributed by atoms with E-state index in [0.717, 1.165) is 5.69 Å². The Hall–Kier alpha value is -3.66. The largest absolute Gasteiger partial charge is 0.378 e. The first-order valence-electron chi connectivity index (χ1n) is 11.8. The minimum absolute atomic E-state index is 0.117. The Morgan fingerprint density at radius 1 is 0.886 bits per heavy atom. The number of anilines is 3. The molecule has 0 atom stereocenters. The van der Waals surface area contributed by atoms with Gasteiger partial charge in [0.25, 0.3) is 5.91 Å². The standard InChI is InChI=1S/C25H30FN5O4/c1-18(32)27-19-7-8-23(20(17-19)24(33)30-13-15-35-16-14-30)29-9-4-10-31(12-11-29)25(34)28-22-6-3-2-5-21(22)26/h2-3,5-8,17H,4,9-16H2,1H3,(H,27,32)(H,28,34). The van der Waals surface area contributed by atoms with Crippen LogP contribution in [0.5, 0.6) is 0 Å². The van der Waals surface area contributed by atoms with Crippen LogP contribution in [0.1, 0.15) is 23.7 Å². The zero-order chi connectivity index (χ0) is 24.8. The number of hydrogen-bond donors (Lipinski definition) is 2. The molecule has 35 heavy (non-hydrogen) atoms. The lowest BCUT2D eigenvalue weighted by atomic mass is 10.1. The Bertz CT molecular complexity index is 1090. The fourth-order valence-electron chi connectivity index (χ4n) is 4.32. The first-order valence-corrected chi connectivity index (χ1v) is 11.8. The highest BCUT2D eigenvalue weighted by Crippen LogP contribution is 2.28. The molecule has 0 radical (unpaired) electrons. The fraction of sp³-hybridized carbons (Fsp3) is 0.400. The number of ether oxygens (including phenoxy) is 1. The number of carbonyl (C=O) groups is 3. The van der Waals surface area contributed by atoms with E-state index in [1.54, 1.807) is 34.1 Å². The van der Waals surface area contributed by atoms with Gasteiger partial charge in [0.1, 0.15) is 5.82 Å². The number of amides is 4. The molecule has 10 heteroatoms. The van der Waals surface area contributed by atoms with Crippen molar-refractivity contribution < 1.29 is 23.5 Å². The van der Waals surface area contributed by atoms with Crippen LogP contribution in [0.2, 0.25) is 0 Å². The van der Waals surface area contributed by atoms with Crippen molar-refractivity contribution in [2.45, 2.75) is 13.3 Å². The van der Waals surface area contributed by atoms with E-state index in [0.29, 0.717) is 70.2 Å². The first kappa shape index (κ1) is 24.5. The van der Waals surface area contributed by atoms with Crippen molar-refractivity contribution in [3.8, 4) is 0 Å². The number of benzene rings is 2. The van der Waals surface area contributed by atoms with Crippen LogP contribution >= 0.6 is 0 Å². The highest BCUT2D eigenvalue weighted by atomic mass is 19.1. The summed E-state index contributed by atoms with van der Waals surface area (Å²) in [6.45, 7) is 5.49. The van der Waals surface area contributed by atoms with Gasteiger partial charge in [-0.2, -0.15) is 0 Å². The number of halogens is 1. The van der Waals surface area contributed by atoms with Gasteiger partial charge in [-0.05, 0) is 36.8 Å². The zero-order valence-corrected chi connectivity index (χ0v) is 19.8. The fourth-order valence-corrected chi connectivity index (χ4v) is 4.32. The summed E-state index contributed by atoms with van der Waals surface area (Å²) in [5.74, 6) is -0.814. The molecule has 0 unspecified atom stereocenters. The number of morpholine rings is 1. The van der Waals surface area contributed by atoms with Gasteiger partial charge >= 0.3 is 6.03 Å².